The maximum atomic E-state index is 12.2. The molecule has 0 spiro atoms. The lowest BCUT2D eigenvalue weighted by molar-refractivity contribution is -0.115. The maximum Gasteiger partial charge on any atom is 0.240 e. The minimum Gasteiger partial charge on any atom is -0.325 e. The van der Waals surface area contributed by atoms with Gasteiger partial charge in [-0.15, -0.1) is 0 Å². The second-order valence-electron chi connectivity index (χ2n) is 5.89. The average molecular weight is 396 g/mol. The molecule has 0 radical (unpaired) electrons. The van der Waals surface area contributed by atoms with Gasteiger partial charge in [-0.2, -0.15) is 0 Å². The molecule has 0 fully saturated rings. The van der Waals surface area contributed by atoms with Crippen molar-refractivity contribution in [3.05, 3.63) is 58.6 Å². The zero-order valence-electron chi connectivity index (χ0n) is 14.8. The number of carbonyl (C=O) groups is 1. The van der Waals surface area contributed by atoms with Crippen molar-refractivity contribution < 1.29 is 13.2 Å². The van der Waals surface area contributed by atoms with Crippen molar-refractivity contribution >= 4 is 33.2 Å². The van der Waals surface area contributed by atoms with Crippen LogP contribution >= 0.6 is 11.6 Å². The molecule has 0 unspecified atom stereocenters. The van der Waals surface area contributed by atoms with Crippen LogP contribution in [-0.2, 0) is 14.8 Å². The molecule has 26 heavy (non-hydrogen) atoms. The minimum atomic E-state index is -3.58. The number of sulfonamides is 1. The van der Waals surface area contributed by atoms with E-state index in [9.17, 15) is 13.2 Å². The topological polar surface area (TPSA) is 87.3 Å². The molecule has 6 nitrogen and oxygen atoms in total. The van der Waals surface area contributed by atoms with E-state index in [2.05, 4.69) is 15.4 Å². The first-order valence-corrected chi connectivity index (χ1v) is 9.92. The number of aryl methyl sites for hydroxylation is 1. The van der Waals surface area contributed by atoms with Crippen molar-refractivity contribution in [1.82, 2.24) is 10.0 Å². The molecular weight excluding hydrogens is 374 g/mol. The number of carbonyl (C=O) groups excluding carboxylic acids is 1. The second kappa shape index (κ2) is 8.64. The van der Waals surface area contributed by atoms with Crippen LogP contribution in [0.4, 0.5) is 5.69 Å². The van der Waals surface area contributed by atoms with E-state index < -0.39 is 10.0 Å². The van der Waals surface area contributed by atoms with Gasteiger partial charge in [0.1, 0.15) is 0 Å². The highest BCUT2D eigenvalue weighted by Crippen LogP contribution is 2.20. The van der Waals surface area contributed by atoms with Gasteiger partial charge in [0.15, 0.2) is 0 Å². The van der Waals surface area contributed by atoms with E-state index >= 15 is 0 Å². The highest BCUT2D eigenvalue weighted by atomic mass is 35.5. The SMILES string of the molecule is CNS(=O)(=O)c1cc(NC(=O)CN[C@H](C)c2ccc(Cl)cc2)ccc1C. The molecule has 8 heteroatoms. The monoisotopic (exact) mass is 395 g/mol. The van der Waals surface area contributed by atoms with Gasteiger partial charge in [-0.1, -0.05) is 29.8 Å². The molecule has 0 saturated carbocycles. The van der Waals surface area contributed by atoms with Crippen molar-refractivity contribution in [2.45, 2.75) is 24.8 Å². The Balaban J connectivity index is 1.99. The number of nitrogens with one attached hydrogen (secondary N) is 3. The van der Waals surface area contributed by atoms with Crippen molar-refractivity contribution in [3.63, 3.8) is 0 Å². The quantitative estimate of drug-likeness (QED) is 0.672. The van der Waals surface area contributed by atoms with E-state index in [0.717, 1.165) is 5.56 Å². The number of anilines is 1. The van der Waals surface area contributed by atoms with Crippen LogP contribution in [0.3, 0.4) is 0 Å². The van der Waals surface area contributed by atoms with Gasteiger partial charge in [0.2, 0.25) is 15.9 Å². The van der Waals surface area contributed by atoms with Gasteiger partial charge in [0.05, 0.1) is 11.4 Å². The second-order valence-corrected chi connectivity index (χ2v) is 8.18. The van der Waals surface area contributed by atoms with Gasteiger partial charge in [-0.05, 0) is 56.3 Å². The fourth-order valence-electron chi connectivity index (χ4n) is 2.40. The fourth-order valence-corrected chi connectivity index (χ4v) is 3.52. The largest absolute Gasteiger partial charge is 0.325 e. The molecule has 2 rings (SSSR count). The molecular formula is C18H22ClN3O3S. The molecule has 0 bridgehead atoms. The molecule has 2 aromatic carbocycles. The Labute approximate surface area is 159 Å². The molecule has 0 saturated heterocycles. The third-order valence-electron chi connectivity index (χ3n) is 3.97. The van der Waals surface area contributed by atoms with Crippen LogP contribution < -0.4 is 15.4 Å². The predicted octanol–water partition coefficient (Wildman–Crippen LogP) is 2.85. The van der Waals surface area contributed by atoms with Crippen LogP contribution in [0.2, 0.25) is 5.02 Å². The Hall–Kier alpha value is -1.93. The normalized spacial score (nSPS) is 12.6. The van der Waals surface area contributed by atoms with E-state index in [1.807, 2.05) is 19.1 Å². The first-order valence-electron chi connectivity index (χ1n) is 8.06. The summed E-state index contributed by atoms with van der Waals surface area (Å²) in [5, 5.41) is 6.48. The first kappa shape index (κ1) is 20.4. The first-order chi connectivity index (χ1) is 12.2. The van der Waals surface area contributed by atoms with Crippen LogP contribution in [0.5, 0.6) is 0 Å². The van der Waals surface area contributed by atoms with Crippen LogP contribution in [0.25, 0.3) is 0 Å². The number of amides is 1. The zero-order chi connectivity index (χ0) is 19.3. The van der Waals surface area contributed by atoms with Gasteiger partial charge in [0.25, 0.3) is 0 Å². The maximum absolute atomic E-state index is 12.2. The van der Waals surface area contributed by atoms with E-state index in [0.29, 0.717) is 16.3 Å². The Morgan fingerprint density at radius 3 is 2.42 bits per heavy atom. The summed E-state index contributed by atoms with van der Waals surface area (Å²) < 4.78 is 26.3. The summed E-state index contributed by atoms with van der Waals surface area (Å²) in [6.07, 6.45) is 0. The predicted molar refractivity (Wildman–Crippen MR) is 104 cm³/mol. The highest BCUT2D eigenvalue weighted by molar-refractivity contribution is 7.89. The zero-order valence-corrected chi connectivity index (χ0v) is 16.4. The van der Waals surface area contributed by atoms with Gasteiger partial charge in [-0.25, -0.2) is 13.1 Å². The molecule has 1 atom stereocenters. The summed E-state index contributed by atoms with van der Waals surface area (Å²) in [6.45, 7) is 3.73. The fraction of sp³-hybridized carbons (Fsp3) is 0.278. The van der Waals surface area contributed by atoms with Crippen molar-refractivity contribution in [1.29, 1.82) is 0 Å². The highest BCUT2D eigenvalue weighted by Gasteiger charge is 2.16. The van der Waals surface area contributed by atoms with Crippen LogP contribution in [0.15, 0.2) is 47.4 Å². The molecule has 3 N–H and O–H groups in total. The van der Waals surface area contributed by atoms with E-state index in [4.69, 9.17) is 11.6 Å². The standard InChI is InChI=1S/C18H22ClN3O3S/c1-12-4-9-16(10-17(12)26(24,25)20-3)22-18(23)11-21-13(2)14-5-7-15(19)8-6-14/h4-10,13,20-21H,11H2,1-3H3,(H,22,23)/t13-/m1/s1. The molecule has 0 aromatic heterocycles. The number of hydrogen-bond acceptors (Lipinski definition) is 4. The lowest BCUT2D eigenvalue weighted by Crippen LogP contribution is -2.30. The van der Waals surface area contributed by atoms with Crippen LogP contribution in [0.1, 0.15) is 24.1 Å². The number of benzene rings is 2. The van der Waals surface area contributed by atoms with E-state index in [1.54, 1.807) is 31.2 Å². The Morgan fingerprint density at radius 2 is 1.81 bits per heavy atom. The van der Waals surface area contributed by atoms with Gasteiger partial charge >= 0.3 is 0 Å². The minimum absolute atomic E-state index is 0.0312. The molecule has 1 amide bonds. The van der Waals surface area contributed by atoms with Gasteiger partial charge in [0, 0.05) is 16.8 Å². The summed E-state index contributed by atoms with van der Waals surface area (Å²) in [5.74, 6) is -0.262. The van der Waals surface area contributed by atoms with E-state index in [-0.39, 0.29) is 23.4 Å². The van der Waals surface area contributed by atoms with Gasteiger partial charge in [-0.3, -0.25) is 4.79 Å². The number of hydrogen-bond donors (Lipinski definition) is 3. The van der Waals surface area contributed by atoms with Crippen molar-refractivity contribution in [2.24, 2.45) is 0 Å². The third-order valence-corrected chi connectivity index (χ3v) is 5.78. The summed E-state index contributed by atoms with van der Waals surface area (Å²) in [5.41, 5.74) is 2.04. The lowest BCUT2D eigenvalue weighted by Gasteiger charge is -2.15. The summed E-state index contributed by atoms with van der Waals surface area (Å²) >= 11 is 5.87. The molecule has 0 heterocycles. The van der Waals surface area contributed by atoms with Crippen molar-refractivity contribution in [2.75, 3.05) is 18.9 Å². The number of halogens is 1. The molecule has 140 valence electrons. The Morgan fingerprint density at radius 1 is 1.15 bits per heavy atom. The smallest absolute Gasteiger partial charge is 0.240 e. The molecule has 0 aliphatic rings. The van der Waals surface area contributed by atoms with E-state index in [1.165, 1.54) is 13.1 Å². The Kier molecular flexibility index (Phi) is 6.77. The lowest BCUT2D eigenvalue weighted by atomic mass is 10.1. The molecule has 0 aliphatic carbocycles. The average Bonchev–Trinajstić information content (AvgIpc) is 2.61. The van der Waals surface area contributed by atoms with Crippen LogP contribution in [-0.4, -0.2) is 27.9 Å². The van der Waals surface area contributed by atoms with Gasteiger partial charge < -0.3 is 10.6 Å². The summed E-state index contributed by atoms with van der Waals surface area (Å²) in [7, 11) is -2.23. The van der Waals surface area contributed by atoms with Crippen LogP contribution in [0, 0.1) is 6.92 Å². The molecule has 0 aliphatic heterocycles. The Bertz CT molecular complexity index is 883. The third kappa shape index (κ3) is 5.28. The van der Waals surface area contributed by atoms with Crippen molar-refractivity contribution in [3.8, 4) is 0 Å². The summed E-state index contributed by atoms with van der Waals surface area (Å²) in [6, 6.07) is 12.1. The molecule has 2 aromatic rings. The number of rotatable bonds is 7. The summed E-state index contributed by atoms with van der Waals surface area (Å²) in [4.78, 5) is 12.3.